The second-order valence-corrected chi connectivity index (χ2v) is 3.09. The molecule has 0 aliphatic heterocycles. The zero-order chi connectivity index (χ0) is 14.1. The van der Waals surface area contributed by atoms with Gasteiger partial charge in [-0.3, -0.25) is 10.1 Å². The molecule has 5 nitrogen and oxygen atoms in total. The highest BCUT2D eigenvalue weighted by atomic mass is 19.4. The Morgan fingerprint density at radius 3 is 2.39 bits per heavy atom. The molecule has 0 saturated heterocycles. The first-order valence-corrected chi connectivity index (χ1v) is 4.31. The number of ether oxygens (including phenoxy) is 1. The van der Waals surface area contributed by atoms with E-state index in [-0.39, 0.29) is 0 Å². The third kappa shape index (κ3) is 3.02. The van der Waals surface area contributed by atoms with Crippen LogP contribution < -0.4 is 4.74 Å². The molecule has 0 bridgehead atoms. The Hall–Kier alpha value is -2.00. The van der Waals surface area contributed by atoms with Gasteiger partial charge in [-0.1, -0.05) is 0 Å². The number of aromatic nitrogens is 1. The molecule has 1 heterocycles. The molecule has 0 amide bonds. The largest absolute Gasteiger partial charge is 0.573 e. The van der Waals surface area contributed by atoms with Crippen molar-refractivity contribution >= 4 is 5.69 Å². The summed E-state index contributed by atoms with van der Waals surface area (Å²) < 4.78 is 64.3. The minimum Gasteiger partial charge on any atom is -0.398 e. The van der Waals surface area contributed by atoms with Gasteiger partial charge in [0.1, 0.15) is 11.9 Å². The van der Waals surface area contributed by atoms with Gasteiger partial charge in [-0.15, -0.1) is 13.2 Å². The molecular weight excluding hydrogens is 267 g/mol. The molecule has 0 unspecified atom stereocenters. The van der Waals surface area contributed by atoms with Gasteiger partial charge in [0, 0.05) is 5.56 Å². The molecular formula is C8H5F5N2O3. The fraction of sp³-hybridized carbons (Fsp3) is 0.375. The van der Waals surface area contributed by atoms with Gasteiger partial charge in [0.25, 0.3) is 6.43 Å². The zero-order valence-electron chi connectivity index (χ0n) is 8.66. The van der Waals surface area contributed by atoms with E-state index in [9.17, 15) is 32.1 Å². The summed E-state index contributed by atoms with van der Waals surface area (Å²) >= 11 is 0. The molecule has 0 radical (unpaired) electrons. The molecule has 1 aromatic rings. The Balaban J connectivity index is 3.41. The van der Waals surface area contributed by atoms with E-state index in [0.29, 0.717) is 6.20 Å². The van der Waals surface area contributed by atoms with Crippen LogP contribution in [0.2, 0.25) is 0 Å². The molecule has 10 heteroatoms. The summed E-state index contributed by atoms with van der Waals surface area (Å²) in [7, 11) is 0. The molecule has 0 fully saturated rings. The summed E-state index contributed by atoms with van der Waals surface area (Å²) in [4.78, 5) is 12.3. The predicted octanol–water partition coefficient (Wildman–Crippen LogP) is 3.13. The Bertz CT molecular complexity index is 475. The van der Waals surface area contributed by atoms with Gasteiger partial charge in [-0.25, -0.2) is 13.8 Å². The lowest BCUT2D eigenvalue weighted by atomic mass is 10.2. The van der Waals surface area contributed by atoms with Crippen LogP contribution in [0.4, 0.5) is 27.6 Å². The van der Waals surface area contributed by atoms with Gasteiger partial charge in [0.15, 0.2) is 0 Å². The molecule has 0 aromatic carbocycles. The van der Waals surface area contributed by atoms with Gasteiger partial charge in [-0.2, -0.15) is 0 Å². The van der Waals surface area contributed by atoms with Crippen LogP contribution in [0, 0.1) is 17.0 Å². The molecule has 18 heavy (non-hydrogen) atoms. The smallest absolute Gasteiger partial charge is 0.398 e. The third-order valence-corrected chi connectivity index (χ3v) is 1.90. The number of alkyl halides is 5. The van der Waals surface area contributed by atoms with Gasteiger partial charge in [0.2, 0.25) is 5.75 Å². The van der Waals surface area contributed by atoms with Gasteiger partial charge >= 0.3 is 12.0 Å². The van der Waals surface area contributed by atoms with Crippen molar-refractivity contribution in [3.05, 3.63) is 27.6 Å². The SMILES string of the molecule is Cc1c(C(F)F)ncc([N+](=O)[O-])c1OC(F)(F)F. The summed E-state index contributed by atoms with van der Waals surface area (Å²) in [6, 6.07) is 0. The quantitative estimate of drug-likeness (QED) is 0.481. The van der Waals surface area contributed by atoms with Crippen molar-refractivity contribution in [1.29, 1.82) is 0 Å². The highest BCUT2D eigenvalue weighted by molar-refractivity contribution is 5.51. The Morgan fingerprint density at radius 1 is 1.44 bits per heavy atom. The monoisotopic (exact) mass is 272 g/mol. The van der Waals surface area contributed by atoms with Crippen LogP contribution in [0.3, 0.4) is 0 Å². The van der Waals surface area contributed by atoms with Crippen LogP contribution in [0.5, 0.6) is 5.75 Å². The number of hydrogen-bond acceptors (Lipinski definition) is 4. The maximum absolute atomic E-state index is 12.4. The van der Waals surface area contributed by atoms with Crippen LogP contribution in [0.15, 0.2) is 6.20 Å². The van der Waals surface area contributed by atoms with Crippen molar-refractivity contribution in [1.82, 2.24) is 4.98 Å². The predicted molar refractivity (Wildman–Crippen MR) is 47.3 cm³/mol. The highest BCUT2D eigenvalue weighted by Gasteiger charge is 2.37. The van der Waals surface area contributed by atoms with Crippen LogP contribution in [0.1, 0.15) is 17.7 Å². The van der Waals surface area contributed by atoms with E-state index >= 15 is 0 Å². The van der Waals surface area contributed by atoms with E-state index in [1.807, 2.05) is 0 Å². The van der Waals surface area contributed by atoms with E-state index in [0.717, 1.165) is 6.92 Å². The summed E-state index contributed by atoms with van der Waals surface area (Å²) in [5, 5.41) is 10.5. The summed E-state index contributed by atoms with van der Waals surface area (Å²) in [5.74, 6) is -1.28. The van der Waals surface area contributed by atoms with Gasteiger partial charge < -0.3 is 4.74 Å². The molecule has 0 atom stereocenters. The van der Waals surface area contributed by atoms with Crippen LogP contribution in [-0.4, -0.2) is 16.3 Å². The molecule has 0 aliphatic carbocycles. The molecule has 0 aliphatic rings. The topological polar surface area (TPSA) is 65.3 Å². The van der Waals surface area contributed by atoms with E-state index in [4.69, 9.17) is 0 Å². The lowest BCUT2D eigenvalue weighted by Crippen LogP contribution is -2.19. The van der Waals surface area contributed by atoms with Crippen molar-refractivity contribution in [2.24, 2.45) is 0 Å². The average molecular weight is 272 g/mol. The van der Waals surface area contributed by atoms with E-state index in [1.165, 1.54) is 0 Å². The minimum absolute atomic E-state index is 0.301. The number of hydrogen-bond donors (Lipinski definition) is 0. The summed E-state index contributed by atoms with van der Waals surface area (Å²) in [6.07, 6.45) is -8.09. The first kappa shape index (κ1) is 14.1. The van der Waals surface area contributed by atoms with Gasteiger partial charge in [0.05, 0.1) is 4.92 Å². The fourth-order valence-corrected chi connectivity index (χ4v) is 1.19. The van der Waals surface area contributed by atoms with E-state index < -0.39 is 40.4 Å². The molecule has 1 rings (SSSR count). The normalized spacial score (nSPS) is 11.7. The van der Waals surface area contributed by atoms with Crippen molar-refractivity contribution in [2.45, 2.75) is 19.7 Å². The van der Waals surface area contributed by atoms with E-state index in [2.05, 4.69) is 9.72 Å². The summed E-state index contributed by atoms with van der Waals surface area (Å²) in [5.41, 5.74) is -2.86. The average Bonchev–Trinajstić information content (AvgIpc) is 2.17. The fourth-order valence-electron chi connectivity index (χ4n) is 1.19. The first-order valence-electron chi connectivity index (χ1n) is 4.31. The number of rotatable bonds is 3. The van der Waals surface area contributed by atoms with Crippen LogP contribution >= 0.6 is 0 Å². The maximum atomic E-state index is 12.4. The lowest BCUT2D eigenvalue weighted by Gasteiger charge is -2.13. The van der Waals surface area contributed by atoms with Crippen molar-refractivity contribution < 1.29 is 31.6 Å². The van der Waals surface area contributed by atoms with Crippen molar-refractivity contribution in [3.8, 4) is 5.75 Å². The van der Waals surface area contributed by atoms with E-state index in [1.54, 1.807) is 0 Å². The Kier molecular flexibility index (Phi) is 3.67. The summed E-state index contributed by atoms with van der Waals surface area (Å²) in [6.45, 7) is 0.836. The van der Waals surface area contributed by atoms with Crippen LogP contribution in [0.25, 0.3) is 0 Å². The first-order chi connectivity index (χ1) is 8.13. The number of nitrogens with zero attached hydrogens (tertiary/aromatic N) is 2. The third-order valence-electron chi connectivity index (χ3n) is 1.90. The van der Waals surface area contributed by atoms with Crippen molar-refractivity contribution in [3.63, 3.8) is 0 Å². The highest BCUT2D eigenvalue weighted by Crippen LogP contribution is 2.37. The number of nitro groups is 1. The zero-order valence-corrected chi connectivity index (χ0v) is 8.66. The molecule has 1 aromatic heterocycles. The Morgan fingerprint density at radius 2 is 2.00 bits per heavy atom. The lowest BCUT2D eigenvalue weighted by molar-refractivity contribution is -0.389. The molecule has 0 spiro atoms. The molecule has 0 saturated carbocycles. The standard InChI is InChI=1S/C8H5F5N2O3/c1-3-5(7(9)10)14-2-4(15(16)17)6(3)18-8(11,12)13/h2,7H,1H3. The van der Waals surface area contributed by atoms with Gasteiger partial charge in [-0.05, 0) is 6.92 Å². The molecule has 0 N–H and O–H groups in total. The molecule has 100 valence electrons. The second-order valence-electron chi connectivity index (χ2n) is 3.09. The number of pyridine rings is 1. The maximum Gasteiger partial charge on any atom is 0.573 e. The second kappa shape index (κ2) is 4.70. The minimum atomic E-state index is -5.23. The number of halogens is 5. The van der Waals surface area contributed by atoms with Crippen LogP contribution in [-0.2, 0) is 0 Å². The van der Waals surface area contributed by atoms with Crippen molar-refractivity contribution in [2.75, 3.05) is 0 Å². The Labute approximate surface area is 96.3 Å².